The van der Waals surface area contributed by atoms with E-state index in [1.807, 2.05) is 0 Å². The van der Waals surface area contributed by atoms with Crippen molar-refractivity contribution in [1.82, 2.24) is 4.98 Å². The molecule has 2 bridgehead atoms. The van der Waals surface area contributed by atoms with Crippen LogP contribution in [0.2, 0.25) is 10.0 Å². The van der Waals surface area contributed by atoms with Crippen molar-refractivity contribution >= 4 is 67.3 Å². The zero-order valence-electron chi connectivity index (χ0n) is 20.1. The number of Topliss-reactive ketones (excluding diaryl/α,β-unsaturated/α-hetero) is 1. The maximum Gasteiger partial charge on any atom is 0.335 e. The summed E-state index contributed by atoms with van der Waals surface area (Å²) in [5.41, 5.74) is 7.70. The molecule has 2 aliphatic carbocycles. The van der Waals surface area contributed by atoms with E-state index in [1.165, 1.54) is 17.4 Å². The molecular weight excluding hydrogens is 552 g/mol. The molecule has 38 heavy (non-hydrogen) atoms. The molecule has 7 nitrogen and oxygen atoms in total. The van der Waals surface area contributed by atoms with Gasteiger partial charge in [0.1, 0.15) is 5.52 Å². The molecule has 3 N–H and O–H groups in total. The SMILES string of the molecule is NC(=C(COC1CC2CC1CN2c1nc2c(F)cc(C(=O)O)cc2s1)C(=O)C1CC1)c1c(Cl)cccc1Cl. The Bertz CT molecular complexity index is 1480. The number of rotatable bonds is 8. The minimum Gasteiger partial charge on any atom is -0.478 e. The summed E-state index contributed by atoms with van der Waals surface area (Å²) in [6.07, 6.45) is 3.25. The maximum atomic E-state index is 14.5. The van der Waals surface area contributed by atoms with E-state index in [0.29, 0.717) is 37.6 Å². The van der Waals surface area contributed by atoms with Crippen molar-refractivity contribution in [1.29, 1.82) is 0 Å². The van der Waals surface area contributed by atoms with Gasteiger partial charge in [-0.2, -0.15) is 0 Å². The molecule has 11 heteroatoms. The third-order valence-electron chi connectivity index (χ3n) is 7.65. The van der Waals surface area contributed by atoms with Gasteiger partial charge in [-0.3, -0.25) is 4.79 Å². The minimum absolute atomic E-state index is 0.0134. The molecule has 198 valence electrons. The number of hydrogen-bond donors (Lipinski definition) is 2. The van der Waals surface area contributed by atoms with Gasteiger partial charge in [-0.15, -0.1) is 0 Å². The average Bonchev–Trinajstić information content (AvgIpc) is 3.32. The van der Waals surface area contributed by atoms with Gasteiger partial charge < -0.3 is 20.5 Å². The normalized spacial score (nSPS) is 23.2. The van der Waals surface area contributed by atoms with Gasteiger partial charge in [-0.1, -0.05) is 40.6 Å². The second kappa shape index (κ2) is 9.79. The second-order valence-electron chi connectivity index (χ2n) is 10.1. The third kappa shape index (κ3) is 4.55. The Morgan fingerprint density at radius 1 is 1.21 bits per heavy atom. The first-order chi connectivity index (χ1) is 18.2. The van der Waals surface area contributed by atoms with Crippen molar-refractivity contribution in [3.05, 3.63) is 62.9 Å². The number of ether oxygens (including phenoxy) is 1. The quantitative estimate of drug-likeness (QED) is 0.328. The first-order valence-corrected chi connectivity index (χ1v) is 14.0. The zero-order chi connectivity index (χ0) is 26.7. The predicted octanol–water partition coefficient (Wildman–Crippen LogP) is 5.77. The van der Waals surface area contributed by atoms with Gasteiger partial charge in [-0.25, -0.2) is 14.2 Å². The van der Waals surface area contributed by atoms with Crippen LogP contribution in [0.25, 0.3) is 15.9 Å². The Hall–Kier alpha value is -2.72. The summed E-state index contributed by atoms with van der Waals surface area (Å²) in [5, 5.41) is 10.7. The summed E-state index contributed by atoms with van der Waals surface area (Å²) in [6.45, 7) is 0.769. The molecular formula is C27H24Cl2FN3O4S. The number of fused-ring (bicyclic) bond motifs is 3. The van der Waals surface area contributed by atoms with Crippen molar-refractivity contribution in [2.45, 2.75) is 37.8 Å². The molecule has 6 rings (SSSR count). The Kier molecular flexibility index (Phi) is 6.58. The monoisotopic (exact) mass is 575 g/mol. The Labute approximate surface area is 232 Å². The minimum atomic E-state index is -1.17. The molecule has 0 radical (unpaired) electrons. The van der Waals surface area contributed by atoms with Crippen LogP contribution in [0.4, 0.5) is 9.52 Å². The molecule has 3 fully saturated rings. The van der Waals surface area contributed by atoms with Gasteiger partial charge in [0.25, 0.3) is 0 Å². The summed E-state index contributed by atoms with van der Waals surface area (Å²) >= 11 is 14.0. The smallest absolute Gasteiger partial charge is 0.335 e. The van der Waals surface area contributed by atoms with Gasteiger partial charge in [0, 0.05) is 35.6 Å². The van der Waals surface area contributed by atoms with Crippen LogP contribution in [0, 0.1) is 17.7 Å². The van der Waals surface area contributed by atoms with Crippen LogP contribution in [-0.2, 0) is 9.53 Å². The number of ketones is 1. The van der Waals surface area contributed by atoms with Crippen LogP contribution >= 0.6 is 34.5 Å². The Balaban J connectivity index is 1.19. The van der Waals surface area contributed by atoms with E-state index in [9.17, 15) is 19.1 Å². The zero-order valence-corrected chi connectivity index (χ0v) is 22.5. The van der Waals surface area contributed by atoms with Crippen LogP contribution in [0.1, 0.15) is 41.6 Å². The van der Waals surface area contributed by atoms with Gasteiger partial charge in [-0.05, 0) is 49.9 Å². The van der Waals surface area contributed by atoms with E-state index in [2.05, 4.69) is 9.88 Å². The standard InChI is InChI=1S/C27H24Cl2FN3O4S/c28-17-2-1-3-18(29)22(17)23(31)16(25(34)12-4-5-12)11-37-20-9-15-6-14(20)10-33(15)27-32-24-19(30)7-13(26(35)36)8-21(24)38-27/h1-3,7-8,12,14-15,20H,4-6,9-11,31H2,(H,35,36). The van der Waals surface area contributed by atoms with Crippen LogP contribution in [0.15, 0.2) is 35.9 Å². The fourth-order valence-electron chi connectivity index (χ4n) is 5.54. The molecule has 3 aliphatic rings. The van der Waals surface area contributed by atoms with Crippen molar-refractivity contribution in [3.8, 4) is 0 Å². The number of nitrogens with two attached hydrogens (primary N) is 1. The highest BCUT2D eigenvalue weighted by Crippen LogP contribution is 2.45. The number of carboxylic acid groups (broad SMARTS) is 1. The summed E-state index contributed by atoms with van der Waals surface area (Å²) in [7, 11) is 0. The number of carbonyl (C=O) groups excluding carboxylic acids is 1. The lowest BCUT2D eigenvalue weighted by Crippen LogP contribution is -2.39. The lowest BCUT2D eigenvalue weighted by atomic mass is 10.0. The van der Waals surface area contributed by atoms with E-state index in [0.717, 1.165) is 31.7 Å². The molecule has 3 atom stereocenters. The molecule has 1 saturated heterocycles. The van der Waals surface area contributed by atoms with Crippen molar-refractivity contribution in [2.24, 2.45) is 17.6 Å². The van der Waals surface area contributed by atoms with Gasteiger partial charge in [0.15, 0.2) is 16.7 Å². The van der Waals surface area contributed by atoms with E-state index >= 15 is 0 Å². The number of carbonyl (C=O) groups is 2. The second-order valence-corrected chi connectivity index (χ2v) is 11.9. The topological polar surface area (TPSA) is 106 Å². The van der Waals surface area contributed by atoms with Crippen LogP contribution in [-0.4, -0.2) is 47.1 Å². The van der Waals surface area contributed by atoms with Crippen LogP contribution in [0.3, 0.4) is 0 Å². The number of carboxylic acids is 1. The molecule has 2 heterocycles. The third-order valence-corrected chi connectivity index (χ3v) is 9.32. The molecule has 0 amide bonds. The summed E-state index contributed by atoms with van der Waals surface area (Å²) in [4.78, 5) is 31.1. The number of nitrogens with zero attached hydrogens (tertiary/aromatic N) is 2. The molecule has 2 aromatic carbocycles. The van der Waals surface area contributed by atoms with Gasteiger partial charge in [0.05, 0.1) is 38.7 Å². The number of piperidine rings is 1. The maximum absolute atomic E-state index is 14.5. The summed E-state index contributed by atoms with van der Waals surface area (Å²) in [5.74, 6) is -1.64. The van der Waals surface area contributed by atoms with E-state index in [4.69, 9.17) is 33.7 Å². The Morgan fingerprint density at radius 2 is 1.95 bits per heavy atom. The predicted molar refractivity (Wildman–Crippen MR) is 145 cm³/mol. The first-order valence-electron chi connectivity index (χ1n) is 12.4. The molecule has 3 unspecified atom stereocenters. The van der Waals surface area contributed by atoms with E-state index < -0.39 is 11.8 Å². The van der Waals surface area contributed by atoms with E-state index in [-0.39, 0.29) is 53.1 Å². The van der Waals surface area contributed by atoms with Crippen LogP contribution < -0.4 is 10.6 Å². The van der Waals surface area contributed by atoms with Crippen molar-refractivity contribution in [3.63, 3.8) is 0 Å². The average molecular weight is 576 g/mol. The number of aromatic nitrogens is 1. The number of hydrogen-bond acceptors (Lipinski definition) is 7. The molecule has 1 aliphatic heterocycles. The molecule has 2 saturated carbocycles. The lowest BCUT2D eigenvalue weighted by Gasteiger charge is -2.31. The van der Waals surface area contributed by atoms with Crippen molar-refractivity contribution in [2.75, 3.05) is 18.1 Å². The largest absolute Gasteiger partial charge is 0.478 e. The highest BCUT2D eigenvalue weighted by Gasteiger charge is 2.46. The van der Waals surface area contributed by atoms with E-state index in [1.54, 1.807) is 18.2 Å². The number of benzene rings is 2. The summed E-state index contributed by atoms with van der Waals surface area (Å²) < 4.78 is 21.3. The fourth-order valence-corrected chi connectivity index (χ4v) is 7.24. The lowest BCUT2D eigenvalue weighted by molar-refractivity contribution is -0.117. The van der Waals surface area contributed by atoms with Crippen molar-refractivity contribution < 1.29 is 23.8 Å². The van der Waals surface area contributed by atoms with Crippen LogP contribution in [0.5, 0.6) is 0 Å². The first kappa shape index (κ1) is 25.6. The van der Waals surface area contributed by atoms with Gasteiger partial charge >= 0.3 is 5.97 Å². The molecule has 0 spiro atoms. The Morgan fingerprint density at radius 3 is 2.58 bits per heavy atom. The number of aromatic carboxylic acids is 1. The number of anilines is 1. The fraction of sp³-hybridized carbons (Fsp3) is 0.370. The number of thiazole rings is 1. The molecule has 3 aromatic rings. The molecule has 1 aromatic heterocycles. The highest BCUT2D eigenvalue weighted by atomic mass is 35.5. The number of halogens is 3. The summed E-state index contributed by atoms with van der Waals surface area (Å²) in [6, 6.07) is 7.74. The van der Waals surface area contributed by atoms with Gasteiger partial charge in [0.2, 0.25) is 0 Å². The highest BCUT2D eigenvalue weighted by molar-refractivity contribution is 7.22.